The number of methoxy groups -OCH3 is 1. The molecule has 1 aliphatic carbocycles. The summed E-state index contributed by atoms with van der Waals surface area (Å²) in [6.45, 7) is 1.99. The number of nitriles is 1. The van der Waals surface area contributed by atoms with E-state index in [9.17, 15) is 13.7 Å². The predicted molar refractivity (Wildman–Crippen MR) is 99.0 cm³/mol. The molecule has 1 aliphatic rings. The molecule has 0 radical (unpaired) electrons. The van der Waals surface area contributed by atoms with Crippen LogP contribution in [0, 0.1) is 23.7 Å². The zero-order valence-corrected chi connectivity index (χ0v) is 16.3. The highest BCUT2D eigenvalue weighted by atomic mass is 79.9. The lowest BCUT2D eigenvalue weighted by atomic mass is 10.0. The van der Waals surface area contributed by atoms with Gasteiger partial charge in [0.15, 0.2) is 9.84 Å². The summed E-state index contributed by atoms with van der Waals surface area (Å²) >= 11 is 3.38. The molecule has 1 saturated carbocycles. The molecule has 2 aromatic rings. The standard InChI is InChI=1S/C19H18BrNO3S/c1-13-3-9-16(10-4-13)25(22,23)18-17(19(18,11-21)12-24-2)14-5-7-15(20)8-6-14/h3-10,17-18H,12H2,1-2H3/t17-,18+,19+/m0/s1. The minimum atomic E-state index is -3.65. The normalized spacial score (nSPS) is 25.4. The van der Waals surface area contributed by atoms with Gasteiger partial charge in [-0.1, -0.05) is 45.8 Å². The molecule has 0 bridgehead atoms. The summed E-state index contributed by atoms with van der Waals surface area (Å²) in [4.78, 5) is 0.249. The van der Waals surface area contributed by atoms with Gasteiger partial charge in [-0.05, 0) is 36.8 Å². The van der Waals surface area contributed by atoms with Gasteiger partial charge >= 0.3 is 0 Å². The average molecular weight is 420 g/mol. The van der Waals surface area contributed by atoms with Crippen molar-refractivity contribution < 1.29 is 13.2 Å². The third-order valence-electron chi connectivity index (χ3n) is 4.76. The van der Waals surface area contributed by atoms with Crippen molar-refractivity contribution in [2.24, 2.45) is 5.41 Å². The van der Waals surface area contributed by atoms with Crippen LogP contribution in [0.25, 0.3) is 0 Å². The van der Waals surface area contributed by atoms with E-state index in [4.69, 9.17) is 4.74 Å². The van der Waals surface area contributed by atoms with Gasteiger partial charge < -0.3 is 4.74 Å². The Morgan fingerprint density at radius 2 is 1.76 bits per heavy atom. The summed E-state index contributed by atoms with van der Waals surface area (Å²) in [7, 11) is -2.15. The molecule has 0 aromatic heterocycles. The van der Waals surface area contributed by atoms with Crippen LogP contribution in [-0.4, -0.2) is 27.4 Å². The number of ether oxygens (including phenoxy) is 1. The van der Waals surface area contributed by atoms with E-state index in [1.54, 1.807) is 24.3 Å². The smallest absolute Gasteiger partial charge is 0.183 e. The molecule has 0 spiro atoms. The average Bonchev–Trinajstić information content (AvgIpc) is 3.26. The topological polar surface area (TPSA) is 67.2 Å². The lowest BCUT2D eigenvalue weighted by Crippen LogP contribution is -2.19. The Labute approximate surface area is 156 Å². The SMILES string of the molecule is COC[C@@]1(C#N)[C@H](S(=O)(=O)c2ccc(C)cc2)[C@@H]1c1ccc(Br)cc1. The molecule has 3 rings (SSSR count). The van der Waals surface area contributed by atoms with Crippen LogP contribution in [0.4, 0.5) is 0 Å². The Kier molecular flexibility index (Phi) is 4.76. The molecule has 1 fully saturated rings. The first-order chi connectivity index (χ1) is 11.9. The van der Waals surface area contributed by atoms with Crippen LogP contribution < -0.4 is 0 Å². The van der Waals surface area contributed by atoms with Crippen molar-refractivity contribution in [1.29, 1.82) is 5.26 Å². The molecule has 6 heteroatoms. The fraction of sp³-hybridized carbons (Fsp3) is 0.316. The maximum absolute atomic E-state index is 13.2. The Balaban J connectivity index is 2.07. The molecule has 0 aliphatic heterocycles. The van der Waals surface area contributed by atoms with Crippen LogP contribution >= 0.6 is 15.9 Å². The van der Waals surface area contributed by atoms with Crippen LogP contribution in [0.5, 0.6) is 0 Å². The van der Waals surface area contributed by atoms with Gasteiger partial charge in [-0.3, -0.25) is 0 Å². The number of sulfone groups is 1. The number of rotatable bonds is 5. The molecule has 3 atom stereocenters. The Hall–Kier alpha value is -1.68. The zero-order chi connectivity index (χ0) is 18.2. The minimum absolute atomic E-state index is 0.0833. The summed E-state index contributed by atoms with van der Waals surface area (Å²) in [6.07, 6.45) is 0. The van der Waals surface area contributed by atoms with Crippen LogP contribution in [0.3, 0.4) is 0 Å². The van der Waals surface area contributed by atoms with Crippen LogP contribution in [0.15, 0.2) is 57.9 Å². The van der Waals surface area contributed by atoms with E-state index in [1.807, 2.05) is 31.2 Å². The number of hydrogen-bond acceptors (Lipinski definition) is 4. The number of aryl methyl sites for hydroxylation is 1. The number of nitrogens with zero attached hydrogens (tertiary/aromatic N) is 1. The molecule has 0 heterocycles. The molecule has 0 N–H and O–H groups in total. The monoisotopic (exact) mass is 419 g/mol. The van der Waals surface area contributed by atoms with Crippen molar-refractivity contribution in [2.75, 3.05) is 13.7 Å². The molecular formula is C19H18BrNO3S. The van der Waals surface area contributed by atoms with E-state index in [2.05, 4.69) is 22.0 Å². The first-order valence-electron chi connectivity index (χ1n) is 7.83. The van der Waals surface area contributed by atoms with Crippen LogP contribution in [0.1, 0.15) is 17.0 Å². The molecule has 25 heavy (non-hydrogen) atoms. The van der Waals surface area contributed by atoms with Crippen LogP contribution in [-0.2, 0) is 14.6 Å². The maximum Gasteiger partial charge on any atom is 0.183 e. The van der Waals surface area contributed by atoms with E-state index in [1.165, 1.54) is 7.11 Å². The second-order valence-electron chi connectivity index (χ2n) is 6.39. The van der Waals surface area contributed by atoms with Gasteiger partial charge in [-0.25, -0.2) is 8.42 Å². The van der Waals surface area contributed by atoms with Crippen molar-refractivity contribution in [3.8, 4) is 6.07 Å². The molecule has 0 saturated heterocycles. The van der Waals surface area contributed by atoms with E-state index < -0.39 is 26.4 Å². The van der Waals surface area contributed by atoms with Gasteiger partial charge in [-0.2, -0.15) is 5.26 Å². The van der Waals surface area contributed by atoms with E-state index in [-0.39, 0.29) is 11.5 Å². The number of halogens is 1. The van der Waals surface area contributed by atoms with Gasteiger partial charge in [0.05, 0.1) is 22.8 Å². The van der Waals surface area contributed by atoms with Crippen molar-refractivity contribution in [3.63, 3.8) is 0 Å². The minimum Gasteiger partial charge on any atom is -0.383 e. The Bertz CT molecular complexity index is 917. The molecule has 130 valence electrons. The second kappa shape index (κ2) is 6.56. The largest absolute Gasteiger partial charge is 0.383 e. The van der Waals surface area contributed by atoms with Crippen molar-refractivity contribution in [2.45, 2.75) is 23.0 Å². The summed E-state index contributed by atoms with van der Waals surface area (Å²) in [6, 6.07) is 16.4. The fourth-order valence-electron chi connectivity index (χ4n) is 3.45. The van der Waals surface area contributed by atoms with Crippen LogP contribution in [0.2, 0.25) is 0 Å². The zero-order valence-electron chi connectivity index (χ0n) is 13.9. The lowest BCUT2D eigenvalue weighted by molar-refractivity contribution is 0.162. The Morgan fingerprint density at radius 1 is 1.16 bits per heavy atom. The third-order valence-corrected chi connectivity index (χ3v) is 7.58. The highest BCUT2D eigenvalue weighted by molar-refractivity contribution is 9.10. The van der Waals surface area contributed by atoms with Crippen molar-refractivity contribution >= 4 is 25.8 Å². The molecular weight excluding hydrogens is 402 g/mol. The van der Waals surface area contributed by atoms with E-state index >= 15 is 0 Å². The van der Waals surface area contributed by atoms with Gasteiger partial charge in [0.25, 0.3) is 0 Å². The predicted octanol–water partition coefficient (Wildman–Crippen LogP) is 3.85. The van der Waals surface area contributed by atoms with E-state index in [0.29, 0.717) is 0 Å². The maximum atomic E-state index is 13.2. The third kappa shape index (κ3) is 3.01. The lowest BCUT2D eigenvalue weighted by Gasteiger charge is -2.08. The van der Waals surface area contributed by atoms with Gasteiger partial charge in [-0.15, -0.1) is 0 Å². The Morgan fingerprint density at radius 3 is 2.28 bits per heavy atom. The first kappa shape index (κ1) is 18.1. The van der Waals surface area contributed by atoms with Crippen molar-refractivity contribution in [3.05, 3.63) is 64.1 Å². The van der Waals surface area contributed by atoms with Gasteiger partial charge in [0.1, 0.15) is 5.41 Å². The summed E-state index contributed by atoms with van der Waals surface area (Å²) < 4.78 is 32.5. The summed E-state index contributed by atoms with van der Waals surface area (Å²) in [5.74, 6) is -0.406. The summed E-state index contributed by atoms with van der Waals surface area (Å²) in [5, 5.41) is 8.98. The fourth-order valence-corrected chi connectivity index (χ4v) is 6.03. The highest BCUT2D eigenvalue weighted by Crippen LogP contribution is 2.63. The quantitative estimate of drug-likeness (QED) is 0.737. The van der Waals surface area contributed by atoms with Gasteiger partial charge in [0, 0.05) is 17.5 Å². The molecule has 4 nitrogen and oxygen atoms in total. The van der Waals surface area contributed by atoms with Gasteiger partial charge in [0.2, 0.25) is 0 Å². The number of hydrogen-bond donors (Lipinski definition) is 0. The first-order valence-corrected chi connectivity index (χ1v) is 10.2. The summed E-state index contributed by atoms with van der Waals surface area (Å²) in [5.41, 5.74) is 0.761. The highest BCUT2D eigenvalue weighted by Gasteiger charge is 2.72. The van der Waals surface area contributed by atoms with Crippen molar-refractivity contribution in [1.82, 2.24) is 0 Å². The van der Waals surface area contributed by atoms with E-state index in [0.717, 1.165) is 15.6 Å². The molecule has 0 unspecified atom stereocenters. The second-order valence-corrected chi connectivity index (χ2v) is 9.38. The molecule has 2 aromatic carbocycles. The number of benzene rings is 2. The molecule has 0 amide bonds.